The minimum atomic E-state index is 0.588. The van der Waals surface area contributed by atoms with Crippen LogP contribution in [-0.2, 0) is 0 Å². The molecule has 1 saturated heterocycles. The van der Waals surface area contributed by atoms with Crippen molar-refractivity contribution in [3.63, 3.8) is 0 Å². The van der Waals surface area contributed by atoms with Crippen LogP contribution in [0.25, 0.3) is 32.4 Å². The number of H-pyrrole nitrogens is 1. The van der Waals surface area contributed by atoms with Gasteiger partial charge in [0.25, 0.3) is 0 Å². The Morgan fingerprint density at radius 3 is 2.89 bits per heavy atom. The van der Waals surface area contributed by atoms with E-state index in [-0.39, 0.29) is 0 Å². The standard InChI is InChI=1S/C19H21N7S/c1-2-8-26(9-3-1)10-7-20-19-15-6-11-27-17(15)14-5-4-13(12-16(14)21-19)18-22-24-25-23-18/h4-6,11-12H,1-3,7-10H2,(H,20,21)(H,22,23,24,25). The number of tetrazole rings is 1. The van der Waals surface area contributed by atoms with E-state index in [2.05, 4.69) is 48.4 Å². The van der Waals surface area contributed by atoms with E-state index in [4.69, 9.17) is 4.98 Å². The smallest absolute Gasteiger partial charge is 0.204 e. The molecule has 0 aliphatic carbocycles. The minimum absolute atomic E-state index is 0.588. The van der Waals surface area contributed by atoms with E-state index < -0.39 is 0 Å². The maximum absolute atomic E-state index is 4.92. The Bertz CT molecular complexity index is 1050. The lowest BCUT2D eigenvalue weighted by molar-refractivity contribution is 0.237. The van der Waals surface area contributed by atoms with Gasteiger partial charge in [0.2, 0.25) is 5.82 Å². The van der Waals surface area contributed by atoms with Crippen LogP contribution >= 0.6 is 11.3 Å². The van der Waals surface area contributed by atoms with Crippen LogP contribution in [0.4, 0.5) is 5.82 Å². The molecule has 1 aliphatic rings. The summed E-state index contributed by atoms with van der Waals surface area (Å²) in [5, 5.41) is 22.4. The lowest BCUT2D eigenvalue weighted by Crippen LogP contribution is -2.33. The zero-order valence-corrected chi connectivity index (χ0v) is 15.8. The number of nitrogens with zero attached hydrogens (tertiary/aromatic N) is 5. The fourth-order valence-corrected chi connectivity index (χ4v) is 4.71. The first-order chi connectivity index (χ1) is 13.4. The van der Waals surface area contributed by atoms with Crippen molar-refractivity contribution in [3.8, 4) is 11.4 Å². The van der Waals surface area contributed by atoms with Gasteiger partial charge in [-0.05, 0) is 48.7 Å². The van der Waals surface area contributed by atoms with Gasteiger partial charge in [0.15, 0.2) is 0 Å². The molecule has 1 aromatic carbocycles. The second-order valence-electron chi connectivity index (χ2n) is 6.92. The van der Waals surface area contributed by atoms with Gasteiger partial charge >= 0.3 is 0 Å². The fourth-order valence-electron chi connectivity index (χ4n) is 3.77. The van der Waals surface area contributed by atoms with Gasteiger partial charge < -0.3 is 10.2 Å². The molecule has 2 N–H and O–H groups in total. The van der Waals surface area contributed by atoms with Gasteiger partial charge in [0.1, 0.15) is 5.82 Å². The van der Waals surface area contributed by atoms with Gasteiger partial charge in [0, 0.05) is 34.1 Å². The summed E-state index contributed by atoms with van der Waals surface area (Å²) >= 11 is 1.76. The molecule has 0 unspecified atom stereocenters. The molecular formula is C19H21N7S. The topological polar surface area (TPSA) is 82.6 Å². The highest BCUT2D eigenvalue weighted by Gasteiger charge is 2.13. The Labute approximate surface area is 160 Å². The number of pyridine rings is 1. The maximum Gasteiger partial charge on any atom is 0.204 e. The van der Waals surface area contributed by atoms with E-state index in [0.29, 0.717) is 5.82 Å². The number of hydrogen-bond donors (Lipinski definition) is 2. The molecule has 8 heteroatoms. The summed E-state index contributed by atoms with van der Waals surface area (Å²) in [6.07, 6.45) is 4.01. The van der Waals surface area contributed by atoms with Crippen molar-refractivity contribution in [1.82, 2.24) is 30.5 Å². The second kappa shape index (κ2) is 7.21. The Hall–Kier alpha value is -2.58. The van der Waals surface area contributed by atoms with Crippen LogP contribution < -0.4 is 5.32 Å². The number of hydrogen-bond acceptors (Lipinski definition) is 7. The summed E-state index contributed by atoms with van der Waals surface area (Å²) in [5.41, 5.74) is 1.87. The van der Waals surface area contributed by atoms with E-state index in [1.165, 1.54) is 42.4 Å². The molecule has 0 radical (unpaired) electrons. The van der Waals surface area contributed by atoms with Crippen LogP contribution in [0.3, 0.4) is 0 Å². The number of nitrogens with one attached hydrogen (secondary N) is 2. The summed E-state index contributed by atoms with van der Waals surface area (Å²) in [4.78, 5) is 7.46. The van der Waals surface area contributed by atoms with E-state index in [0.717, 1.165) is 35.4 Å². The Morgan fingerprint density at radius 2 is 2.04 bits per heavy atom. The van der Waals surface area contributed by atoms with Crippen molar-refractivity contribution in [1.29, 1.82) is 0 Å². The highest BCUT2D eigenvalue weighted by molar-refractivity contribution is 7.18. The third kappa shape index (κ3) is 3.26. The molecule has 4 heterocycles. The monoisotopic (exact) mass is 379 g/mol. The minimum Gasteiger partial charge on any atom is -0.368 e. The number of rotatable bonds is 5. The van der Waals surface area contributed by atoms with E-state index >= 15 is 0 Å². The van der Waals surface area contributed by atoms with Gasteiger partial charge in [-0.25, -0.2) is 4.98 Å². The van der Waals surface area contributed by atoms with Crippen LogP contribution in [0.5, 0.6) is 0 Å². The van der Waals surface area contributed by atoms with Crippen LogP contribution in [-0.4, -0.2) is 56.7 Å². The molecule has 0 saturated carbocycles. The molecule has 1 aliphatic heterocycles. The fraction of sp³-hybridized carbons (Fsp3) is 0.368. The Kier molecular flexibility index (Phi) is 4.43. The summed E-state index contributed by atoms with van der Waals surface area (Å²) in [6, 6.07) is 8.32. The molecule has 0 atom stereocenters. The summed E-state index contributed by atoms with van der Waals surface area (Å²) in [5.74, 6) is 1.55. The lowest BCUT2D eigenvalue weighted by atomic mass is 10.1. The normalized spacial score (nSPS) is 15.6. The van der Waals surface area contributed by atoms with Crippen molar-refractivity contribution in [2.75, 3.05) is 31.5 Å². The predicted octanol–water partition coefficient (Wildman–Crippen LogP) is 3.53. The van der Waals surface area contributed by atoms with Gasteiger partial charge in [-0.15, -0.1) is 21.5 Å². The van der Waals surface area contributed by atoms with Crippen LogP contribution in [0.1, 0.15) is 19.3 Å². The quantitative estimate of drug-likeness (QED) is 0.552. The number of fused-ring (bicyclic) bond motifs is 3. The molecule has 0 spiro atoms. The Balaban J connectivity index is 1.45. The first-order valence-corrected chi connectivity index (χ1v) is 10.3. The number of aromatic nitrogens is 5. The molecule has 1 fully saturated rings. The van der Waals surface area contributed by atoms with Gasteiger partial charge in [-0.2, -0.15) is 5.21 Å². The number of likely N-dealkylation sites (tertiary alicyclic amines) is 1. The lowest BCUT2D eigenvalue weighted by Gasteiger charge is -2.26. The average Bonchev–Trinajstić information content (AvgIpc) is 3.41. The number of piperidine rings is 1. The SMILES string of the molecule is c1cc2c(NCCN3CCCCC3)nc3cc(-c4nn[nH]n4)ccc3c2s1. The highest BCUT2D eigenvalue weighted by Crippen LogP contribution is 2.34. The van der Waals surface area contributed by atoms with E-state index in [1.807, 2.05) is 12.1 Å². The molecule has 7 nitrogen and oxygen atoms in total. The summed E-state index contributed by atoms with van der Waals surface area (Å²) < 4.78 is 1.26. The third-order valence-corrected chi connectivity index (χ3v) is 6.12. The average molecular weight is 379 g/mol. The Morgan fingerprint density at radius 1 is 1.11 bits per heavy atom. The largest absolute Gasteiger partial charge is 0.368 e. The second-order valence-corrected chi connectivity index (χ2v) is 7.84. The van der Waals surface area contributed by atoms with Crippen LogP contribution in [0.15, 0.2) is 29.6 Å². The third-order valence-electron chi connectivity index (χ3n) is 5.17. The molecule has 0 amide bonds. The molecule has 27 heavy (non-hydrogen) atoms. The molecule has 0 bridgehead atoms. The van der Waals surface area contributed by atoms with Crippen molar-refractivity contribution >= 4 is 38.1 Å². The van der Waals surface area contributed by atoms with Crippen molar-refractivity contribution in [2.45, 2.75) is 19.3 Å². The first kappa shape index (κ1) is 16.6. The number of anilines is 1. The van der Waals surface area contributed by atoms with Gasteiger partial charge in [-0.3, -0.25) is 0 Å². The molecule has 3 aromatic heterocycles. The zero-order chi connectivity index (χ0) is 18.1. The van der Waals surface area contributed by atoms with Crippen molar-refractivity contribution in [2.24, 2.45) is 0 Å². The number of thiophene rings is 1. The van der Waals surface area contributed by atoms with Crippen molar-refractivity contribution in [3.05, 3.63) is 29.6 Å². The van der Waals surface area contributed by atoms with E-state index in [1.54, 1.807) is 11.3 Å². The number of benzene rings is 1. The molecular weight excluding hydrogens is 358 g/mol. The summed E-state index contributed by atoms with van der Waals surface area (Å²) in [6.45, 7) is 4.41. The predicted molar refractivity (Wildman–Crippen MR) is 109 cm³/mol. The highest BCUT2D eigenvalue weighted by atomic mass is 32.1. The van der Waals surface area contributed by atoms with Crippen LogP contribution in [0.2, 0.25) is 0 Å². The first-order valence-electron chi connectivity index (χ1n) is 9.39. The van der Waals surface area contributed by atoms with Gasteiger partial charge in [0.05, 0.1) is 5.52 Å². The maximum atomic E-state index is 4.92. The zero-order valence-electron chi connectivity index (χ0n) is 15.0. The number of aromatic amines is 1. The van der Waals surface area contributed by atoms with Crippen LogP contribution in [0, 0.1) is 0 Å². The molecule has 138 valence electrons. The van der Waals surface area contributed by atoms with Crippen molar-refractivity contribution < 1.29 is 0 Å². The summed E-state index contributed by atoms with van der Waals surface area (Å²) in [7, 11) is 0. The molecule has 5 rings (SSSR count). The van der Waals surface area contributed by atoms with Gasteiger partial charge in [-0.1, -0.05) is 18.6 Å². The van der Waals surface area contributed by atoms with E-state index in [9.17, 15) is 0 Å². The molecule has 4 aromatic rings.